The van der Waals surface area contributed by atoms with Gasteiger partial charge >= 0.3 is 0 Å². The lowest BCUT2D eigenvalue weighted by Gasteiger charge is -2.29. The van der Waals surface area contributed by atoms with E-state index in [1.807, 2.05) is 0 Å². The van der Waals surface area contributed by atoms with Gasteiger partial charge in [0.25, 0.3) is 0 Å². The molecule has 1 N–H and O–H groups in total. The molecule has 0 unspecified atom stereocenters. The molecule has 0 aromatic heterocycles. The molecule has 2 rings (SSSR count). The van der Waals surface area contributed by atoms with E-state index < -0.39 is 0 Å². The maximum atomic E-state index is 6.25. The molecule has 0 spiro atoms. The van der Waals surface area contributed by atoms with Crippen LogP contribution in [0.3, 0.4) is 0 Å². The highest BCUT2D eigenvalue weighted by molar-refractivity contribution is 5.27. The Balaban J connectivity index is 2.03. The first-order valence-electron chi connectivity index (χ1n) is 7.43. The summed E-state index contributed by atoms with van der Waals surface area (Å²) in [7, 11) is 0. The van der Waals surface area contributed by atoms with Crippen LogP contribution < -0.4 is 5.32 Å². The van der Waals surface area contributed by atoms with Crippen molar-refractivity contribution in [2.75, 3.05) is 13.1 Å². The first-order chi connectivity index (χ1) is 9.01. The van der Waals surface area contributed by atoms with Crippen LogP contribution in [0.5, 0.6) is 0 Å². The van der Waals surface area contributed by atoms with Gasteiger partial charge in [0.1, 0.15) is 0 Å². The molecule has 1 aliphatic rings. The summed E-state index contributed by atoms with van der Waals surface area (Å²) >= 11 is 0. The van der Waals surface area contributed by atoms with E-state index in [0.29, 0.717) is 11.8 Å². The Bertz CT molecular complexity index is 415. The summed E-state index contributed by atoms with van der Waals surface area (Å²) in [5.74, 6) is 1.26. The number of hydrogen-bond donors (Lipinski definition) is 1. The Labute approximate surface area is 117 Å². The predicted octanol–water partition coefficient (Wildman–Crippen LogP) is 3.40. The molecule has 2 atom stereocenters. The fraction of sp³-hybridized carbons (Fsp3) is 0.647. The lowest BCUT2D eigenvalue weighted by atomic mass is 9.94. The summed E-state index contributed by atoms with van der Waals surface area (Å²) in [5, 5.41) is 3.42. The predicted molar refractivity (Wildman–Crippen MR) is 80.2 cm³/mol. The normalized spacial score (nSPS) is 27.1. The van der Waals surface area contributed by atoms with Crippen molar-refractivity contribution in [3.63, 3.8) is 0 Å². The molecule has 1 aromatic carbocycles. The second-order valence-electron chi connectivity index (χ2n) is 6.50. The van der Waals surface area contributed by atoms with Crippen LogP contribution >= 0.6 is 0 Å². The van der Waals surface area contributed by atoms with Gasteiger partial charge in [0.2, 0.25) is 0 Å². The van der Waals surface area contributed by atoms with Crippen LogP contribution in [0.25, 0.3) is 0 Å². The third-order valence-electron chi connectivity index (χ3n) is 4.27. The smallest absolute Gasteiger partial charge is 0.0820 e. The molecule has 2 nitrogen and oxygen atoms in total. The minimum absolute atomic E-state index is 0.0229. The van der Waals surface area contributed by atoms with Crippen molar-refractivity contribution >= 4 is 0 Å². The van der Waals surface area contributed by atoms with Crippen LogP contribution in [-0.4, -0.2) is 18.7 Å². The summed E-state index contributed by atoms with van der Waals surface area (Å²) in [4.78, 5) is 0. The van der Waals surface area contributed by atoms with Crippen molar-refractivity contribution in [1.82, 2.24) is 5.32 Å². The molecule has 106 valence electrons. The molecule has 0 amide bonds. The number of ether oxygens (including phenoxy) is 1. The van der Waals surface area contributed by atoms with Crippen molar-refractivity contribution in [2.24, 2.45) is 11.8 Å². The van der Waals surface area contributed by atoms with Crippen molar-refractivity contribution in [2.45, 2.75) is 46.3 Å². The van der Waals surface area contributed by atoms with Crippen molar-refractivity contribution < 1.29 is 4.74 Å². The largest absolute Gasteiger partial charge is 0.369 e. The molecule has 1 aliphatic heterocycles. The highest BCUT2D eigenvalue weighted by Gasteiger charge is 2.36. The molecule has 0 bridgehead atoms. The third-order valence-corrected chi connectivity index (χ3v) is 4.27. The van der Waals surface area contributed by atoms with Gasteiger partial charge in [-0.25, -0.2) is 0 Å². The molecule has 1 aromatic rings. The average Bonchev–Trinajstić information content (AvgIpc) is 2.68. The molecule has 0 saturated carbocycles. The van der Waals surface area contributed by atoms with E-state index in [2.05, 4.69) is 57.3 Å². The fourth-order valence-corrected chi connectivity index (χ4v) is 2.70. The minimum atomic E-state index is -0.0229. The standard InChI is InChI=1S/C17H27NO/c1-13(2)9-15-7-5-6-8-16(15)11-19-17(4)12-18-10-14(17)3/h5-8,13-14,18H,9-12H2,1-4H3/t14-,17+/m1/s1. The minimum Gasteiger partial charge on any atom is -0.369 e. The molecule has 2 heteroatoms. The monoisotopic (exact) mass is 261 g/mol. The van der Waals surface area contributed by atoms with Gasteiger partial charge in [-0.1, -0.05) is 45.0 Å². The Hall–Kier alpha value is -0.860. The van der Waals surface area contributed by atoms with Gasteiger partial charge in [0.05, 0.1) is 12.2 Å². The summed E-state index contributed by atoms with van der Waals surface area (Å²) < 4.78 is 6.25. The van der Waals surface area contributed by atoms with Crippen LogP contribution in [0, 0.1) is 11.8 Å². The van der Waals surface area contributed by atoms with Gasteiger partial charge in [-0.15, -0.1) is 0 Å². The Kier molecular flexibility index (Phi) is 4.64. The van der Waals surface area contributed by atoms with Gasteiger partial charge < -0.3 is 10.1 Å². The van der Waals surface area contributed by atoms with E-state index >= 15 is 0 Å². The van der Waals surface area contributed by atoms with Gasteiger partial charge in [-0.05, 0) is 36.3 Å². The topological polar surface area (TPSA) is 21.3 Å². The van der Waals surface area contributed by atoms with Crippen LogP contribution in [0.1, 0.15) is 38.8 Å². The third kappa shape index (κ3) is 3.58. The summed E-state index contributed by atoms with van der Waals surface area (Å²) in [5.41, 5.74) is 2.75. The lowest BCUT2D eigenvalue weighted by molar-refractivity contribution is -0.0541. The summed E-state index contributed by atoms with van der Waals surface area (Å²) in [6.45, 7) is 11.8. The Morgan fingerprint density at radius 2 is 2.00 bits per heavy atom. The van der Waals surface area contributed by atoms with Gasteiger partial charge in [-0.3, -0.25) is 0 Å². The fourth-order valence-electron chi connectivity index (χ4n) is 2.70. The molecule has 0 aliphatic carbocycles. The van der Waals surface area contributed by atoms with Gasteiger partial charge in [-0.2, -0.15) is 0 Å². The highest BCUT2D eigenvalue weighted by atomic mass is 16.5. The molecule has 1 fully saturated rings. The molecule has 1 heterocycles. The van der Waals surface area contributed by atoms with E-state index in [9.17, 15) is 0 Å². The maximum Gasteiger partial charge on any atom is 0.0820 e. The first-order valence-corrected chi connectivity index (χ1v) is 7.43. The zero-order valence-corrected chi connectivity index (χ0v) is 12.7. The lowest BCUT2D eigenvalue weighted by Crippen LogP contribution is -2.36. The molecular formula is C17H27NO. The van der Waals surface area contributed by atoms with Gasteiger partial charge in [0, 0.05) is 13.1 Å². The molecule has 1 saturated heterocycles. The van der Waals surface area contributed by atoms with Crippen LogP contribution in [0.15, 0.2) is 24.3 Å². The highest BCUT2D eigenvalue weighted by Crippen LogP contribution is 2.27. The van der Waals surface area contributed by atoms with E-state index in [0.717, 1.165) is 26.1 Å². The molecule has 19 heavy (non-hydrogen) atoms. The van der Waals surface area contributed by atoms with Crippen LogP contribution in [-0.2, 0) is 17.8 Å². The van der Waals surface area contributed by atoms with Crippen molar-refractivity contribution in [1.29, 1.82) is 0 Å². The second kappa shape index (κ2) is 6.06. The average molecular weight is 261 g/mol. The van der Waals surface area contributed by atoms with Gasteiger partial charge in [0.15, 0.2) is 0 Å². The Morgan fingerprint density at radius 3 is 2.58 bits per heavy atom. The van der Waals surface area contributed by atoms with E-state index in [1.54, 1.807) is 0 Å². The summed E-state index contributed by atoms with van der Waals surface area (Å²) in [6, 6.07) is 8.68. The van der Waals surface area contributed by atoms with Crippen LogP contribution in [0.2, 0.25) is 0 Å². The Morgan fingerprint density at radius 1 is 1.32 bits per heavy atom. The first kappa shape index (κ1) is 14.5. The zero-order valence-electron chi connectivity index (χ0n) is 12.7. The van der Waals surface area contributed by atoms with E-state index in [4.69, 9.17) is 4.74 Å². The van der Waals surface area contributed by atoms with E-state index in [1.165, 1.54) is 11.1 Å². The SMILES string of the molecule is CC(C)Cc1ccccc1CO[C@@]1(C)CNC[C@H]1C. The van der Waals surface area contributed by atoms with Crippen molar-refractivity contribution in [3.8, 4) is 0 Å². The number of hydrogen-bond acceptors (Lipinski definition) is 2. The maximum absolute atomic E-state index is 6.25. The summed E-state index contributed by atoms with van der Waals surface area (Å²) in [6.07, 6.45) is 1.13. The molecule has 0 radical (unpaired) electrons. The van der Waals surface area contributed by atoms with E-state index in [-0.39, 0.29) is 5.60 Å². The number of rotatable bonds is 5. The van der Waals surface area contributed by atoms with Crippen molar-refractivity contribution in [3.05, 3.63) is 35.4 Å². The number of nitrogens with one attached hydrogen (secondary N) is 1. The quantitative estimate of drug-likeness (QED) is 0.877. The number of benzene rings is 1. The van der Waals surface area contributed by atoms with Crippen LogP contribution in [0.4, 0.5) is 0 Å². The molecular weight excluding hydrogens is 234 g/mol. The zero-order chi connectivity index (χ0) is 13.9. The second-order valence-corrected chi connectivity index (χ2v) is 6.50.